The molecule has 0 saturated carbocycles. The molecule has 0 saturated heterocycles. The number of hydrogen-bond acceptors (Lipinski definition) is 5. The molecular formula is C30H36BrN3O5S. The van der Waals surface area contributed by atoms with Gasteiger partial charge in [0.1, 0.15) is 18.3 Å². The molecule has 3 rings (SSSR count). The molecule has 3 aromatic carbocycles. The van der Waals surface area contributed by atoms with Crippen LogP contribution in [0.5, 0.6) is 5.75 Å². The number of anilines is 1. The topological polar surface area (TPSA) is 96.0 Å². The number of halogens is 1. The van der Waals surface area contributed by atoms with Crippen molar-refractivity contribution in [1.29, 1.82) is 0 Å². The molecule has 0 bridgehead atoms. The van der Waals surface area contributed by atoms with Crippen LogP contribution in [-0.2, 0) is 26.2 Å². The average Bonchev–Trinajstić information content (AvgIpc) is 2.94. The van der Waals surface area contributed by atoms with Gasteiger partial charge in [0.05, 0.1) is 17.7 Å². The number of methoxy groups -OCH3 is 1. The maximum atomic E-state index is 14.0. The molecule has 10 heteroatoms. The molecule has 214 valence electrons. The fourth-order valence-electron chi connectivity index (χ4n) is 4.07. The molecule has 0 aliphatic carbocycles. The van der Waals surface area contributed by atoms with Crippen molar-refractivity contribution in [3.05, 3.63) is 88.4 Å². The third kappa shape index (κ3) is 7.63. The Morgan fingerprint density at radius 3 is 2.30 bits per heavy atom. The molecule has 0 fully saturated rings. The zero-order valence-electron chi connectivity index (χ0n) is 23.4. The zero-order valence-corrected chi connectivity index (χ0v) is 25.8. The van der Waals surface area contributed by atoms with Crippen molar-refractivity contribution in [2.24, 2.45) is 0 Å². The van der Waals surface area contributed by atoms with Crippen molar-refractivity contribution in [2.45, 2.75) is 57.6 Å². The number of rotatable bonds is 12. The van der Waals surface area contributed by atoms with Crippen molar-refractivity contribution in [3.63, 3.8) is 0 Å². The Bertz CT molecular complexity index is 1430. The Morgan fingerprint density at radius 2 is 1.68 bits per heavy atom. The highest BCUT2D eigenvalue weighted by molar-refractivity contribution is 9.10. The van der Waals surface area contributed by atoms with Gasteiger partial charge in [0.15, 0.2) is 0 Å². The summed E-state index contributed by atoms with van der Waals surface area (Å²) in [6, 6.07) is 19.6. The van der Waals surface area contributed by atoms with Crippen LogP contribution in [0.1, 0.15) is 38.3 Å². The lowest BCUT2D eigenvalue weighted by Gasteiger charge is -2.32. The number of aryl methyl sites for hydroxylation is 1. The van der Waals surface area contributed by atoms with Gasteiger partial charge in [-0.2, -0.15) is 0 Å². The predicted molar refractivity (Wildman–Crippen MR) is 161 cm³/mol. The molecule has 0 aliphatic rings. The molecule has 0 spiro atoms. The van der Waals surface area contributed by atoms with Gasteiger partial charge in [0.2, 0.25) is 11.8 Å². The van der Waals surface area contributed by atoms with Crippen LogP contribution in [0.15, 0.2) is 82.2 Å². The number of nitrogens with one attached hydrogen (secondary N) is 1. The highest BCUT2D eigenvalue weighted by Gasteiger charge is 2.34. The predicted octanol–water partition coefficient (Wildman–Crippen LogP) is 5.29. The van der Waals surface area contributed by atoms with E-state index in [0.717, 1.165) is 26.3 Å². The smallest absolute Gasteiger partial charge is 0.264 e. The molecule has 8 nitrogen and oxygen atoms in total. The van der Waals surface area contributed by atoms with Crippen LogP contribution in [0.3, 0.4) is 0 Å². The van der Waals surface area contributed by atoms with E-state index >= 15 is 0 Å². The van der Waals surface area contributed by atoms with Crippen molar-refractivity contribution in [2.75, 3.05) is 18.0 Å². The molecule has 0 aliphatic heterocycles. The summed E-state index contributed by atoms with van der Waals surface area (Å²) in [5, 5.41) is 2.93. The first-order valence-electron chi connectivity index (χ1n) is 13.0. The summed E-state index contributed by atoms with van der Waals surface area (Å²) < 4.78 is 35.3. The minimum Gasteiger partial charge on any atom is -0.495 e. The molecule has 1 N–H and O–H groups in total. The van der Waals surface area contributed by atoms with Gasteiger partial charge in [-0.15, -0.1) is 0 Å². The lowest BCUT2D eigenvalue weighted by molar-refractivity contribution is -0.139. The zero-order chi connectivity index (χ0) is 29.4. The molecular weight excluding hydrogens is 594 g/mol. The molecule has 3 aromatic rings. The van der Waals surface area contributed by atoms with E-state index in [0.29, 0.717) is 5.75 Å². The van der Waals surface area contributed by atoms with E-state index < -0.39 is 28.5 Å². The van der Waals surface area contributed by atoms with Gasteiger partial charge in [-0.25, -0.2) is 8.42 Å². The first-order chi connectivity index (χ1) is 19.0. The molecule has 2 atom stereocenters. The second-order valence-electron chi connectivity index (χ2n) is 9.64. The first-order valence-corrected chi connectivity index (χ1v) is 15.3. The normalized spacial score (nSPS) is 12.8. The molecule has 2 amide bonds. The van der Waals surface area contributed by atoms with Crippen molar-refractivity contribution in [3.8, 4) is 5.75 Å². The lowest BCUT2D eigenvalue weighted by Crippen LogP contribution is -2.52. The summed E-state index contributed by atoms with van der Waals surface area (Å²) in [5.41, 5.74) is 1.91. The second-order valence-corrected chi connectivity index (χ2v) is 12.4. The van der Waals surface area contributed by atoms with Crippen LogP contribution in [0.2, 0.25) is 0 Å². The largest absolute Gasteiger partial charge is 0.495 e. The molecule has 0 aromatic heterocycles. The Morgan fingerprint density at radius 1 is 1.00 bits per heavy atom. The number of nitrogens with zero attached hydrogens (tertiary/aromatic N) is 2. The van der Waals surface area contributed by atoms with Gasteiger partial charge < -0.3 is 15.0 Å². The van der Waals surface area contributed by atoms with Gasteiger partial charge in [0, 0.05) is 17.1 Å². The number of amides is 2. The van der Waals surface area contributed by atoms with Crippen LogP contribution < -0.4 is 14.4 Å². The molecule has 2 unspecified atom stereocenters. The van der Waals surface area contributed by atoms with E-state index in [1.54, 1.807) is 43.3 Å². The number of ether oxygens (including phenoxy) is 1. The SMILES string of the molecule is CCC(C)NC(=O)C(C)N(Cc1cccc(Br)c1)C(=O)CN(c1ccccc1OC)S(=O)(=O)c1ccc(C)cc1. The van der Waals surface area contributed by atoms with Crippen LogP contribution in [0.4, 0.5) is 5.69 Å². The summed E-state index contributed by atoms with van der Waals surface area (Å²) in [7, 11) is -2.74. The van der Waals surface area contributed by atoms with Gasteiger partial charge >= 0.3 is 0 Å². The van der Waals surface area contributed by atoms with Crippen molar-refractivity contribution < 1.29 is 22.7 Å². The number of carbonyl (C=O) groups is 2. The van der Waals surface area contributed by atoms with Gasteiger partial charge in [-0.3, -0.25) is 13.9 Å². The minimum absolute atomic E-state index is 0.0397. The number of sulfonamides is 1. The van der Waals surface area contributed by atoms with E-state index in [9.17, 15) is 18.0 Å². The van der Waals surface area contributed by atoms with Crippen molar-refractivity contribution >= 4 is 43.5 Å². The van der Waals surface area contributed by atoms with Gasteiger partial charge in [-0.1, -0.05) is 64.8 Å². The lowest BCUT2D eigenvalue weighted by atomic mass is 10.1. The number of para-hydroxylation sites is 2. The second kappa shape index (κ2) is 13.8. The van der Waals surface area contributed by atoms with E-state index in [1.165, 1.54) is 24.1 Å². The Kier molecular flexibility index (Phi) is 10.8. The fourth-order valence-corrected chi connectivity index (χ4v) is 5.94. The van der Waals surface area contributed by atoms with E-state index in [-0.39, 0.29) is 29.1 Å². The number of benzene rings is 3. The highest BCUT2D eigenvalue weighted by atomic mass is 79.9. The summed E-state index contributed by atoms with van der Waals surface area (Å²) in [4.78, 5) is 28.6. The standard InChI is InChI=1S/C30H36BrN3O5S/c1-6-22(3)32-30(36)23(4)33(19-24-10-9-11-25(31)18-24)29(35)20-34(27-12-7-8-13-28(27)39-5)40(37,38)26-16-14-21(2)15-17-26/h7-18,22-23H,6,19-20H2,1-5H3,(H,32,36). The molecule has 0 radical (unpaired) electrons. The Labute approximate surface area is 245 Å². The summed E-state index contributed by atoms with van der Waals surface area (Å²) in [6.45, 7) is 6.94. The summed E-state index contributed by atoms with van der Waals surface area (Å²) in [6.07, 6.45) is 0.731. The molecule has 40 heavy (non-hydrogen) atoms. The number of carbonyl (C=O) groups excluding carboxylic acids is 2. The van der Waals surface area contributed by atoms with Crippen LogP contribution in [0.25, 0.3) is 0 Å². The maximum absolute atomic E-state index is 14.0. The van der Waals surface area contributed by atoms with Gasteiger partial charge in [0.25, 0.3) is 10.0 Å². The average molecular weight is 631 g/mol. The summed E-state index contributed by atoms with van der Waals surface area (Å²) >= 11 is 3.46. The monoisotopic (exact) mass is 629 g/mol. The van der Waals surface area contributed by atoms with E-state index in [1.807, 2.05) is 45.0 Å². The van der Waals surface area contributed by atoms with E-state index in [2.05, 4.69) is 21.2 Å². The summed E-state index contributed by atoms with van der Waals surface area (Å²) in [5.74, 6) is -0.552. The molecule has 0 heterocycles. The van der Waals surface area contributed by atoms with Crippen LogP contribution in [0, 0.1) is 6.92 Å². The third-order valence-corrected chi connectivity index (χ3v) is 8.92. The van der Waals surface area contributed by atoms with Crippen LogP contribution >= 0.6 is 15.9 Å². The maximum Gasteiger partial charge on any atom is 0.264 e. The highest BCUT2D eigenvalue weighted by Crippen LogP contribution is 2.32. The van der Waals surface area contributed by atoms with Gasteiger partial charge in [-0.05, 0) is 69.2 Å². The minimum atomic E-state index is -4.18. The Balaban J connectivity index is 2.06. The van der Waals surface area contributed by atoms with E-state index in [4.69, 9.17) is 4.74 Å². The first kappa shape index (κ1) is 31.2. The number of hydrogen-bond donors (Lipinski definition) is 1. The van der Waals surface area contributed by atoms with Crippen molar-refractivity contribution in [1.82, 2.24) is 10.2 Å². The Hall–Kier alpha value is -3.37. The van der Waals surface area contributed by atoms with Crippen LogP contribution in [-0.4, -0.2) is 50.9 Å². The quantitative estimate of drug-likeness (QED) is 0.294. The third-order valence-electron chi connectivity index (χ3n) is 6.65. The fraction of sp³-hybridized carbons (Fsp3) is 0.333.